The summed E-state index contributed by atoms with van der Waals surface area (Å²) in [5.41, 5.74) is 2.29. The van der Waals surface area contributed by atoms with Gasteiger partial charge in [-0.05, 0) is 43.8 Å². The largest absolute Gasteiger partial charge is 0.427 e. The number of aromatic nitrogens is 1. The molecule has 0 bridgehead atoms. The Morgan fingerprint density at radius 1 is 1.47 bits per heavy atom. The van der Waals surface area contributed by atoms with E-state index >= 15 is 0 Å². The van der Waals surface area contributed by atoms with Crippen molar-refractivity contribution >= 4 is 16.9 Å². The van der Waals surface area contributed by atoms with Crippen LogP contribution in [0.4, 0.5) is 0 Å². The van der Waals surface area contributed by atoms with Gasteiger partial charge in [0.05, 0.1) is 0 Å². The van der Waals surface area contributed by atoms with E-state index in [9.17, 15) is 4.79 Å². The van der Waals surface area contributed by atoms with Crippen LogP contribution in [0.25, 0.3) is 10.9 Å². The van der Waals surface area contributed by atoms with Gasteiger partial charge in [0, 0.05) is 24.0 Å². The van der Waals surface area contributed by atoms with Gasteiger partial charge < -0.3 is 15.0 Å². The lowest BCUT2D eigenvalue weighted by Crippen LogP contribution is -2.09. The summed E-state index contributed by atoms with van der Waals surface area (Å²) < 4.78 is 5.08. The number of ether oxygens (including phenoxy) is 1. The lowest BCUT2D eigenvalue weighted by molar-refractivity contribution is -0.131. The molecule has 0 spiro atoms. The first-order valence-corrected chi connectivity index (χ1v) is 5.63. The Balaban J connectivity index is 2.32. The highest BCUT2D eigenvalue weighted by Gasteiger charge is 2.06. The average molecular weight is 232 g/mol. The van der Waals surface area contributed by atoms with Crippen molar-refractivity contribution < 1.29 is 9.53 Å². The van der Waals surface area contributed by atoms with Crippen LogP contribution in [0.1, 0.15) is 12.5 Å². The van der Waals surface area contributed by atoms with Gasteiger partial charge in [-0.25, -0.2) is 0 Å². The molecule has 0 saturated heterocycles. The maximum atomic E-state index is 10.9. The molecule has 1 heterocycles. The topological polar surface area (TPSA) is 54.1 Å². The number of fused-ring (bicyclic) bond motifs is 1. The Kier molecular flexibility index (Phi) is 3.44. The summed E-state index contributed by atoms with van der Waals surface area (Å²) >= 11 is 0. The fourth-order valence-electron chi connectivity index (χ4n) is 1.85. The number of carbonyl (C=O) groups excluding carboxylic acids is 1. The number of esters is 1. The van der Waals surface area contributed by atoms with E-state index < -0.39 is 0 Å². The molecule has 0 fully saturated rings. The standard InChI is InChI=1S/C13H16N2O2/c1-9(16)17-11-3-4-13-12(7-11)10(8-15-13)5-6-14-2/h3-4,7-8,14-15H,5-6H2,1-2H3. The molecule has 2 aromatic rings. The summed E-state index contributed by atoms with van der Waals surface area (Å²) in [4.78, 5) is 14.1. The summed E-state index contributed by atoms with van der Waals surface area (Å²) in [5, 5.41) is 4.23. The normalized spacial score (nSPS) is 10.7. The third kappa shape index (κ3) is 2.65. The second kappa shape index (κ2) is 5.01. The predicted molar refractivity (Wildman–Crippen MR) is 67.2 cm³/mol. The number of H-pyrrole nitrogens is 1. The smallest absolute Gasteiger partial charge is 0.308 e. The first-order valence-electron chi connectivity index (χ1n) is 5.63. The van der Waals surface area contributed by atoms with Crippen molar-refractivity contribution in [2.45, 2.75) is 13.3 Å². The molecule has 0 unspecified atom stereocenters. The Labute approximate surface area is 100.0 Å². The van der Waals surface area contributed by atoms with Crippen LogP contribution in [0.5, 0.6) is 5.75 Å². The third-order valence-corrected chi connectivity index (χ3v) is 2.64. The Bertz CT molecular complexity index is 531. The van der Waals surface area contributed by atoms with E-state index in [-0.39, 0.29) is 5.97 Å². The molecule has 17 heavy (non-hydrogen) atoms. The van der Waals surface area contributed by atoms with Gasteiger partial charge in [0.1, 0.15) is 5.75 Å². The number of carbonyl (C=O) groups is 1. The molecule has 0 aliphatic rings. The van der Waals surface area contributed by atoms with E-state index in [0.29, 0.717) is 5.75 Å². The highest BCUT2D eigenvalue weighted by molar-refractivity contribution is 5.85. The molecule has 1 aromatic heterocycles. The van der Waals surface area contributed by atoms with Crippen LogP contribution in [-0.4, -0.2) is 24.5 Å². The predicted octanol–water partition coefficient (Wildman–Crippen LogP) is 1.86. The molecule has 2 N–H and O–H groups in total. The minimum absolute atomic E-state index is 0.295. The summed E-state index contributed by atoms with van der Waals surface area (Å²) in [6, 6.07) is 5.62. The Morgan fingerprint density at radius 3 is 3.00 bits per heavy atom. The van der Waals surface area contributed by atoms with Crippen molar-refractivity contribution in [1.29, 1.82) is 0 Å². The molecular weight excluding hydrogens is 216 g/mol. The number of likely N-dealkylation sites (N-methyl/N-ethyl adjacent to an activating group) is 1. The third-order valence-electron chi connectivity index (χ3n) is 2.64. The maximum absolute atomic E-state index is 10.9. The molecule has 0 radical (unpaired) electrons. The molecular formula is C13H16N2O2. The van der Waals surface area contributed by atoms with Crippen LogP contribution in [0, 0.1) is 0 Å². The lowest BCUT2D eigenvalue weighted by atomic mass is 10.1. The molecule has 0 saturated carbocycles. The van der Waals surface area contributed by atoms with Gasteiger partial charge in [-0.15, -0.1) is 0 Å². The molecule has 4 heteroatoms. The Morgan fingerprint density at radius 2 is 2.29 bits per heavy atom. The molecule has 1 aromatic carbocycles. The van der Waals surface area contributed by atoms with E-state index in [0.717, 1.165) is 23.9 Å². The number of benzene rings is 1. The van der Waals surface area contributed by atoms with Crippen LogP contribution in [0.15, 0.2) is 24.4 Å². The highest BCUT2D eigenvalue weighted by atomic mass is 16.5. The van der Waals surface area contributed by atoms with Crippen molar-refractivity contribution in [3.8, 4) is 5.75 Å². The van der Waals surface area contributed by atoms with Crippen LogP contribution in [0.2, 0.25) is 0 Å². The highest BCUT2D eigenvalue weighted by Crippen LogP contribution is 2.24. The van der Waals surface area contributed by atoms with E-state index in [2.05, 4.69) is 10.3 Å². The van der Waals surface area contributed by atoms with Gasteiger partial charge in [0.15, 0.2) is 0 Å². The summed E-state index contributed by atoms with van der Waals surface area (Å²) in [6.45, 7) is 2.33. The number of hydrogen-bond donors (Lipinski definition) is 2. The first kappa shape index (κ1) is 11.7. The fraction of sp³-hybridized carbons (Fsp3) is 0.308. The molecule has 90 valence electrons. The van der Waals surface area contributed by atoms with Gasteiger partial charge >= 0.3 is 5.97 Å². The summed E-state index contributed by atoms with van der Waals surface area (Å²) in [5.74, 6) is 0.298. The van der Waals surface area contributed by atoms with Crippen molar-refractivity contribution in [3.05, 3.63) is 30.0 Å². The monoisotopic (exact) mass is 232 g/mol. The lowest BCUT2D eigenvalue weighted by Gasteiger charge is -2.02. The maximum Gasteiger partial charge on any atom is 0.308 e. The summed E-state index contributed by atoms with van der Waals surface area (Å²) in [6.07, 6.45) is 2.94. The van der Waals surface area contributed by atoms with Gasteiger partial charge in [0.25, 0.3) is 0 Å². The quantitative estimate of drug-likeness (QED) is 0.625. The van der Waals surface area contributed by atoms with Crippen LogP contribution in [0.3, 0.4) is 0 Å². The zero-order valence-corrected chi connectivity index (χ0v) is 10.0. The van der Waals surface area contributed by atoms with Crippen molar-refractivity contribution in [2.24, 2.45) is 0 Å². The zero-order valence-electron chi connectivity index (χ0n) is 10.0. The second-order valence-electron chi connectivity index (χ2n) is 3.97. The van der Waals surface area contributed by atoms with Gasteiger partial charge in [-0.3, -0.25) is 4.79 Å². The Hall–Kier alpha value is -1.81. The van der Waals surface area contributed by atoms with Crippen LogP contribution >= 0.6 is 0 Å². The van der Waals surface area contributed by atoms with E-state index in [4.69, 9.17) is 4.74 Å². The SMILES string of the molecule is CNCCc1c[nH]c2ccc(OC(C)=O)cc12. The fourth-order valence-corrected chi connectivity index (χ4v) is 1.85. The second-order valence-corrected chi connectivity index (χ2v) is 3.97. The minimum Gasteiger partial charge on any atom is -0.427 e. The minimum atomic E-state index is -0.295. The van der Waals surface area contributed by atoms with E-state index in [1.54, 1.807) is 6.07 Å². The molecule has 0 aliphatic carbocycles. The van der Waals surface area contributed by atoms with E-state index in [1.807, 2.05) is 25.4 Å². The number of aromatic amines is 1. The van der Waals surface area contributed by atoms with E-state index in [1.165, 1.54) is 12.5 Å². The van der Waals surface area contributed by atoms with Crippen LogP contribution < -0.4 is 10.1 Å². The van der Waals surface area contributed by atoms with Crippen molar-refractivity contribution in [3.63, 3.8) is 0 Å². The van der Waals surface area contributed by atoms with Crippen molar-refractivity contribution in [2.75, 3.05) is 13.6 Å². The van der Waals surface area contributed by atoms with Gasteiger partial charge in [-0.1, -0.05) is 0 Å². The zero-order chi connectivity index (χ0) is 12.3. The summed E-state index contributed by atoms with van der Waals surface area (Å²) in [7, 11) is 1.93. The van der Waals surface area contributed by atoms with Crippen LogP contribution in [-0.2, 0) is 11.2 Å². The first-order chi connectivity index (χ1) is 8.20. The van der Waals surface area contributed by atoms with Gasteiger partial charge in [-0.2, -0.15) is 0 Å². The average Bonchev–Trinajstić information content (AvgIpc) is 2.68. The molecule has 0 amide bonds. The molecule has 0 atom stereocenters. The number of hydrogen-bond acceptors (Lipinski definition) is 3. The molecule has 2 rings (SSSR count). The molecule has 4 nitrogen and oxygen atoms in total. The molecule has 0 aliphatic heterocycles. The number of nitrogens with one attached hydrogen (secondary N) is 2. The van der Waals surface area contributed by atoms with Gasteiger partial charge in [0.2, 0.25) is 0 Å². The van der Waals surface area contributed by atoms with Crippen molar-refractivity contribution in [1.82, 2.24) is 10.3 Å². The number of rotatable bonds is 4.